The van der Waals surface area contributed by atoms with E-state index in [2.05, 4.69) is 48.3 Å². The smallest absolute Gasteiger partial charge is 0.0585 e. The molecule has 1 N–H and O–H groups in total. The minimum absolute atomic E-state index is 0.204. The maximum atomic E-state index is 4.50. The van der Waals surface area contributed by atoms with Gasteiger partial charge in [0.05, 0.1) is 6.04 Å². The summed E-state index contributed by atoms with van der Waals surface area (Å²) in [6.07, 6.45) is 0. The Morgan fingerprint density at radius 2 is 1.56 bits per heavy atom. The fourth-order valence-corrected chi connectivity index (χ4v) is 2.17. The van der Waals surface area contributed by atoms with Gasteiger partial charge in [-0.25, -0.2) is 0 Å². The van der Waals surface area contributed by atoms with Crippen molar-refractivity contribution in [2.45, 2.75) is 10.9 Å². The maximum absolute atomic E-state index is 4.50. The van der Waals surface area contributed by atoms with E-state index in [1.807, 2.05) is 31.3 Å². The van der Waals surface area contributed by atoms with Crippen LogP contribution in [0.1, 0.15) is 17.2 Å². The first kappa shape index (κ1) is 11.2. The molecule has 0 radical (unpaired) electrons. The number of benzene rings is 2. The van der Waals surface area contributed by atoms with Crippen LogP contribution in [0.15, 0.2) is 59.5 Å². The summed E-state index contributed by atoms with van der Waals surface area (Å²) in [6.45, 7) is 0. The molecule has 0 saturated heterocycles. The molecule has 16 heavy (non-hydrogen) atoms. The highest BCUT2D eigenvalue weighted by molar-refractivity contribution is 7.80. The Labute approximate surface area is 102 Å². The molecule has 0 bridgehead atoms. The van der Waals surface area contributed by atoms with Gasteiger partial charge in [-0.1, -0.05) is 48.5 Å². The molecule has 2 aromatic carbocycles. The average molecular weight is 229 g/mol. The minimum atomic E-state index is 0.204. The lowest BCUT2D eigenvalue weighted by Crippen LogP contribution is -2.17. The topological polar surface area (TPSA) is 12.0 Å². The van der Waals surface area contributed by atoms with Crippen LogP contribution in [0.2, 0.25) is 0 Å². The second kappa shape index (κ2) is 5.19. The third-order valence-corrected chi connectivity index (χ3v) is 3.08. The van der Waals surface area contributed by atoms with Crippen molar-refractivity contribution in [3.63, 3.8) is 0 Å². The van der Waals surface area contributed by atoms with E-state index in [-0.39, 0.29) is 6.04 Å². The van der Waals surface area contributed by atoms with Crippen LogP contribution in [0.4, 0.5) is 0 Å². The average Bonchev–Trinajstić information content (AvgIpc) is 2.34. The van der Waals surface area contributed by atoms with E-state index in [4.69, 9.17) is 0 Å². The number of hydrogen-bond acceptors (Lipinski definition) is 2. The molecule has 1 unspecified atom stereocenters. The molecular formula is C14H15NS. The van der Waals surface area contributed by atoms with Crippen molar-refractivity contribution in [2.24, 2.45) is 0 Å². The summed E-state index contributed by atoms with van der Waals surface area (Å²) in [5.74, 6) is 0. The van der Waals surface area contributed by atoms with Crippen LogP contribution >= 0.6 is 12.6 Å². The molecule has 0 heterocycles. The fourth-order valence-electron chi connectivity index (χ4n) is 1.88. The molecule has 2 aromatic rings. The van der Waals surface area contributed by atoms with Gasteiger partial charge in [0, 0.05) is 4.90 Å². The van der Waals surface area contributed by atoms with Gasteiger partial charge in [-0.2, -0.15) is 0 Å². The third kappa shape index (κ3) is 2.29. The normalized spacial score (nSPS) is 12.4. The van der Waals surface area contributed by atoms with Gasteiger partial charge in [0.25, 0.3) is 0 Å². The van der Waals surface area contributed by atoms with Crippen LogP contribution in [-0.2, 0) is 0 Å². The molecule has 1 atom stereocenters. The van der Waals surface area contributed by atoms with Gasteiger partial charge in [-0.15, -0.1) is 12.6 Å². The van der Waals surface area contributed by atoms with Crippen LogP contribution in [0, 0.1) is 0 Å². The van der Waals surface area contributed by atoms with Crippen LogP contribution in [-0.4, -0.2) is 7.05 Å². The Balaban J connectivity index is 2.41. The van der Waals surface area contributed by atoms with Crippen LogP contribution in [0.3, 0.4) is 0 Å². The Bertz CT molecular complexity index is 453. The van der Waals surface area contributed by atoms with Gasteiger partial charge in [0.2, 0.25) is 0 Å². The molecule has 2 rings (SSSR count). The monoisotopic (exact) mass is 229 g/mol. The van der Waals surface area contributed by atoms with E-state index in [0.717, 1.165) is 4.90 Å². The molecule has 0 aliphatic heterocycles. The quantitative estimate of drug-likeness (QED) is 0.770. The minimum Gasteiger partial charge on any atom is -0.309 e. The maximum Gasteiger partial charge on any atom is 0.0585 e. The molecule has 0 aliphatic carbocycles. The molecule has 0 aromatic heterocycles. The van der Waals surface area contributed by atoms with Gasteiger partial charge in [0.15, 0.2) is 0 Å². The Hall–Kier alpha value is -1.25. The molecule has 0 spiro atoms. The molecule has 0 saturated carbocycles. The van der Waals surface area contributed by atoms with E-state index >= 15 is 0 Å². The van der Waals surface area contributed by atoms with Gasteiger partial charge in [0.1, 0.15) is 0 Å². The summed E-state index contributed by atoms with van der Waals surface area (Å²) in [5.41, 5.74) is 2.46. The zero-order valence-electron chi connectivity index (χ0n) is 9.22. The fraction of sp³-hybridized carbons (Fsp3) is 0.143. The first-order chi connectivity index (χ1) is 7.83. The summed E-state index contributed by atoms with van der Waals surface area (Å²) in [6, 6.07) is 18.8. The van der Waals surface area contributed by atoms with E-state index in [1.54, 1.807) is 0 Å². The van der Waals surface area contributed by atoms with Crippen LogP contribution < -0.4 is 5.32 Å². The molecule has 1 nitrogen and oxygen atoms in total. The second-order valence-electron chi connectivity index (χ2n) is 3.69. The highest BCUT2D eigenvalue weighted by Crippen LogP contribution is 2.26. The van der Waals surface area contributed by atoms with E-state index in [0.29, 0.717) is 0 Å². The zero-order valence-corrected chi connectivity index (χ0v) is 10.1. The highest BCUT2D eigenvalue weighted by atomic mass is 32.1. The molecule has 0 fully saturated rings. The first-order valence-corrected chi connectivity index (χ1v) is 5.77. The van der Waals surface area contributed by atoms with E-state index < -0.39 is 0 Å². The summed E-state index contributed by atoms with van der Waals surface area (Å²) in [7, 11) is 1.97. The molecule has 0 amide bonds. The van der Waals surface area contributed by atoms with Crippen molar-refractivity contribution in [3.05, 3.63) is 65.7 Å². The third-order valence-electron chi connectivity index (χ3n) is 2.67. The van der Waals surface area contributed by atoms with Gasteiger partial charge in [-0.05, 0) is 24.2 Å². The standard InChI is InChI=1S/C14H15NS/c1-15-14(11-7-3-2-4-8-11)12-9-5-6-10-13(12)16/h2-10,14-16H,1H3. The lowest BCUT2D eigenvalue weighted by atomic mass is 9.99. The van der Waals surface area contributed by atoms with Crippen molar-refractivity contribution in [2.75, 3.05) is 7.05 Å². The molecular weight excluding hydrogens is 214 g/mol. The van der Waals surface area contributed by atoms with Crippen molar-refractivity contribution in [1.29, 1.82) is 0 Å². The van der Waals surface area contributed by atoms with Crippen molar-refractivity contribution < 1.29 is 0 Å². The van der Waals surface area contributed by atoms with Crippen molar-refractivity contribution in [3.8, 4) is 0 Å². The van der Waals surface area contributed by atoms with Gasteiger partial charge < -0.3 is 5.32 Å². The summed E-state index contributed by atoms with van der Waals surface area (Å²) in [4.78, 5) is 1.02. The number of hydrogen-bond donors (Lipinski definition) is 2. The lowest BCUT2D eigenvalue weighted by molar-refractivity contribution is 0.680. The van der Waals surface area contributed by atoms with Crippen molar-refractivity contribution in [1.82, 2.24) is 5.32 Å². The largest absolute Gasteiger partial charge is 0.309 e. The Morgan fingerprint density at radius 3 is 2.19 bits per heavy atom. The number of rotatable bonds is 3. The van der Waals surface area contributed by atoms with Gasteiger partial charge >= 0.3 is 0 Å². The molecule has 82 valence electrons. The summed E-state index contributed by atoms with van der Waals surface area (Å²) in [5, 5.41) is 3.33. The first-order valence-electron chi connectivity index (χ1n) is 5.33. The predicted molar refractivity (Wildman–Crippen MR) is 71.0 cm³/mol. The van der Waals surface area contributed by atoms with Crippen molar-refractivity contribution >= 4 is 12.6 Å². The lowest BCUT2D eigenvalue weighted by Gasteiger charge is -2.18. The van der Waals surface area contributed by atoms with Crippen LogP contribution in [0.25, 0.3) is 0 Å². The highest BCUT2D eigenvalue weighted by Gasteiger charge is 2.13. The second-order valence-corrected chi connectivity index (χ2v) is 4.17. The van der Waals surface area contributed by atoms with Crippen LogP contribution in [0.5, 0.6) is 0 Å². The van der Waals surface area contributed by atoms with E-state index in [1.165, 1.54) is 11.1 Å². The predicted octanol–water partition coefficient (Wildman–Crippen LogP) is 3.28. The molecule has 0 aliphatic rings. The number of nitrogens with one attached hydrogen (secondary N) is 1. The Morgan fingerprint density at radius 1 is 0.938 bits per heavy atom. The van der Waals surface area contributed by atoms with Gasteiger partial charge in [-0.3, -0.25) is 0 Å². The Kier molecular flexibility index (Phi) is 3.65. The summed E-state index contributed by atoms with van der Waals surface area (Å²) >= 11 is 4.50. The summed E-state index contributed by atoms with van der Waals surface area (Å²) < 4.78 is 0. The van der Waals surface area contributed by atoms with E-state index in [9.17, 15) is 0 Å². The number of thiol groups is 1. The molecule has 2 heteroatoms. The SMILES string of the molecule is CNC(c1ccccc1)c1ccccc1S. The zero-order chi connectivity index (χ0) is 11.4.